The van der Waals surface area contributed by atoms with Gasteiger partial charge >= 0.3 is 0 Å². The van der Waals surface area contributed by atoms with Crippen molar-refractivity contribution in [2.24, 2.45) is 0 Å². The van der Waals surface area contributed by atoms with Crippen LogP contribution in [0.1, 0.15) is 29.0 Å². The van der Waals surface area contributed by atoms with Crippen molar-refractivity contribution in [1.29, 1.82) is 0 Å². The lowest BCUT2D eigenvalue weighted by molar-refractivity contribution is 0.186. The van der Waals surface area contributed by atoms with Crippen LogP contribution in [0.3, 0.4) is 0 Å². The standard InChI is InChI=1S/C22H23FN4OS/c1-15-14-16(8-9-17(15)23)27-21(19-7-5-11-26(19)12-13-28-2)20(25-22(27)29)18-6-3-4-10-24-18/h3-11,14,20-21H,12-13H2,1-2H3,(H,25,29)/t20-,21+/m0/s1. The number of rotatable bonds is 6. The summed E-state index contributed by atoms with van der Waals surface area (Å²) < 4.78 is 21.3. The Morgan fingerprint density at radius 2 is 2.07 bits per heavy atom. The van der Waals surface area contributed by atoms with E-state index in [-0.39, 0.29) is 17.9 Å². The summed E-state index contributed by atoms with van der Waals surface area (Å²) in [4.78, 5) is 6.62. The highest BCUT2D eigenvalue weighted by Gasteiger charge is 2.42. The Bertz CT molecular complexity index is 1010. The van der Waals surface area contributed by atoms with Gasteiger partial charge in [0.15, 0.2) is 5.11 Å². The van der Waals surface area contributed by atoms with Crippen molar-refractivity contribution in [2.45, 2.75) is 25.6 Å². The van der Waals surface area contributed by atoms with E-state index in [1.807, 2.05) is 36.5 Å². The molecule has 1 aliphatic heterocycles. The zero-order valence-corrected chi connectivity index (χ0v) is 17.2. The van der Waals surface area contributed by atoms with Crippen LogP contribution in [-0.4, -0.2) is 28.4 Å². The molecule has 1 N–H and O–H groups in total. The molecule has 150 valence electrons. The van der Waals surface area contributed by atoms with E-state index >= 15 is 0 Å². The smallest absolute Gasteiger partial charge is 0.174 e. The SMILES string of the molecule is COCCn1cccc1[C@@H]1[C@H](c2ccccn2)NC(=S)N1c1ccc(F)c(C)c1. The van der Waals surface area contributed by atoms with Gasteiger partial charge in [-0.15, -0.1) is 0 Å². The molecule has 5 nitrogen and oxygen atoms in total. The van der Waals surface area contributed by atoms with Crippen LogP contribution in [0.15, 0.2) is 60.9 Å². The Balaban J connectivity index is 1.82. The summed E-state index contributed by atoms with van der Waals surface area (Å²) in [6, 6.07) is 14.8. The lowest BCUT2D eigenvalue weighted by Crippen LogP contribution is -2.30. The van der Waals surface area contributed by atoms with Crippen LogP contribution in [0.2, 0.25) is 0 Å². The molecule has 3 aromatic rings. The van der Waals surface area contributed by atoms with E-state index in [4.69, 9.17) is 17.0 Å². The van der Waals surface area contributed by atoms with Crippen molar-refractivity contribution in [1.82, 2.24) is 14.9 Å². The topological polar surface area (TPSA) is 42.3 Å². The van der Waals surface area contributed by atoms with E-state index in [9.17, 15) is 4.39 Å². The molecule has 0 radical (unpaired) electrons. The number of methoxy groups -OCH3 is 1. The molecular weight excluding hydrogens is 387 g/mol. The predicted molar refractivity (Wildman–Crippen MR) is 115 cm³/mol. The second-order valence-corrected chi connectivity index (χ2v) is 7.44. The molecule has 0 amide bonds. The van der Waals surface area contributed by atoms with Gasteiger partial charge in [-0.3, -0.25) is 4.98 Å². The Kier molecular flexibility index (Phi) is 5.60. The third kappa shape index (κ3) is 3.75. The highest BCUT2D eigenvalue weighted by atomic mass is 32.1. The fourth-order valence-electron chi connectivity index (χ4n) is 3.80. The van der Waals surface area contributed by atoms with Crippen molar-refractivity contribution in [3.63, 3.8) is 0 Å². The molecule has 1 saturated heterocycles. The predicted octanol–water partition coefficient (Wildman–Crippen LogP) is 4.15. The number of anilines is 1. The first kappa shape index (κ1) is 19.5. The lowest BCUT2D eigenvalue weighted by atomic mass is 10.0. The summed E-state index contributed by atoms with van der Waals surface area (Å²) in [5, 5.41) is 4.02. The number of pyridine rings is 1. The van der Waals surface area contributed by atoms with E-state index in [1.54, 1.807) is 26.3 Å². The molecule has 0 aliphatic carbocycles. The molecule has 1 fully saturated rings. The minimum atomic E-state index is -0.229. The van der Waals surface area contributed by atoms with Crippen molar-refractivity contribution in [3.05, 3.63) is 83.7 Å². The summed E-state index contributed by atoms with van der Waals surface area (Å²) >= 11 is 5.72. The summed E-state index contributed by atoms with van der Waals surface area (Å²) in [5.74, 6) is -0.229. The Hall–Kier alpha value is -2.77. The van der Waals surface area contributed by atoms with E-state index in [2.05, 4.69) is 25.8 Å². The minimum Gasteiger partial charge on any atom is -0.383 e. The fraction of sp³-hybridized carbons (Fsp3) is 0.273. The zero-order chi connectivity index (χ0) is 20.4. The molecule has 29 heavy (non-hydrogen) atoms. The fourth-order valence-corrected chi connectivity index (χ4v) is 4.15. The quantitative estimate of drug-likeness (QED) is 0.619. The Labute approximate surface area is 175 Å². The van der Waals surface area contributed by atoms with Crippen molar-refractivity contribution in [3.8, 4) is 0 Å². The van der Waals surface area contributed by atoms with Crippen LogP contribution in [-0.2, 0) is 11.3 Å². The van der Waals surface area contributed by atoms with Crippen LogP contribution in [0, 0.1) is 12.7 Å². The zero-order valence-electron chi connectivity index (χ0n) is 16.4. The number of halogens is 1. The molecule has 1 aliphatic rings. The largest absolute Gasteiger partial charge is 0.383 e. The van der Waals surface area contributed by atoms with E-state index in [1.165, 1.54) is 6.07 Å². The highest BCUT2D eigenvalue weighted by molar-refractivity contribution is 7.80. The number of aryl methyl sites for hydroxylation is 1. The molecule has 0 bridgehead atoms. The Morgan fingerprint density at radius 3 is 2.79 bits per heavy atom. The van der Waals surface area contributed by atoms with Crippen LogP contribution in [0.25, 0.3) is 0 Å². The molecule has 0 spiro atoms. The molecule has 7 heteroatoms. The summed E-state index contributed by atoms with van der Waals surface area (Å²) in [6.07, 6.45) is 3.82. The number of aromatic nitrogens is 2. The third-order valence-corrected chi connectivity index (χ3v) is 5.54. The third-order valence-electron chi connectivity index (χ3n) is 5.22. The first-order valence-corrected chi connectivity index (χ1v) is 9.91. The van der Waals surface area contributed by atoms with E-state index in [0.717, 1.165) is 23.6 Å². The van der Waals surface area contributed by atoms with Crippen molar-refractivity contribution >= 4 is 23.0 Å². The number of benzene rings is 1. The molecule has 3 heterocycles. The Morgan fingerprint density at radius 1 is 1.21 bits per heavy atom. The monoisotopic (exact) mass is 410 g/mol. The molecule has 4 rings (SSSR count). The maximum atomic E-state index is 13.9. The number of hydrogen-bond acceptors (Lipinski definition) is 3. The number of ether oxygens (including phenoxy) is 1. The number of nitrogens with one attached hydrogen (secondary N) is 1. The van der Waals surface area contributed by atoms with Crippen LogP contribution in [0.5, 0.6) is 0 Å². The molecule has 2 atom stereocenters. The molecule has 0 saturated carbocycles. The van der Waals surface area contributed by atoms with Gasteiger partial charge in [-0.1, -0.05) is 6.07 Å². The molecule has 2 aromatic heterocycles. The van der Waals surface area contributed by atoms with Gasteiger partial charge in [0.05, 0.1) is 18.3 Å². The van der Waals surface area contributed by atoms with Crippen molar-refractivity contribution < 1.29 is 9.13 Å². The lowest BCUT2D eigenvalue weighted by Gasteiger charge is -2.29. The van der Waals surface area contributed by atoms with Gasteiger partial charge in [-0.25, -0.2) is 4.39 Å². The van der Waals surface area contributed by atoms with Crippen LogP contribution >= 0.6 is 12.2 Å². The first-order valence-electron chi connectivity index (χ1n) is 9.51. The van der Waals surface area contributed by atoms with Crippen molar-refractivity contribution in [2.75, 3.05) is 18.6 Å². The van der Waals surface area contributed by atoms with Gasteiger partial charge in [0.1, 0.15) is 11.9 Å². The van der Waals surface area contributed by atoms with Gasteiger partial charge in [0, 0.05) is 37.4 Å². The summed E-state index contributed by atoms with van der Waals surface area (Å²) in [5.41, 5.74) is 3.43. The van der Waals surface area contributed by atoms with Crippen LogP contribution < -0.4 is 10.2 Å². The normalized spacial score (nSPS) is 18.9. The average molecular weight is 411 g/mol. The summed E-state index contributed by atoms with van der Waals surface area (Å²) in [6.45, 7) is 3.10. The second-order valence-electron chi connectivity index (χ2n) is 7.05. The minimum absolute atomic E-state index is 0.130. The molecule has 1 aromatic carbocycles. The highest BCUT2D eigenvalue weighted by Crippen LogP contribution is 2.41. The van der Waals surface area contributed by atoms with E-state index in [0.29, 0.717) is 17.3 Å². The summed E-state index contributed by atoms with van der Waals surface area (Å²) in [7, 11) is 1.69. The second kappa shape index (κ2) is 8.31. The van der Waals surface area contributed by atoms with Gasteiger partial charge in [-0.05, 0) is 67.2 Å². The van der Waals surface area contributed by atoms with Gasteiger partial charge in [0.25, 0.3) is 0 Å². The number of hydrogen-bond donors (Lipinski definition) is 1. The molecule has 0 unspecified atom stereocenters. The van der Waals surface area contributed by atoms with Crippen LogP contribution in [0.4, 0.5) is 10.1 Å². The van der Waals surface area contributed by atoms with Gasteiger partial charge in [-0.2, -0.15) is 0 Å². The maximum Gasteiger partial charge on any atom is 0.174 e. The average Bonchev–Trinajstić information content (AvgIpc) is 3.33. The van der Waals surface area contributed by atoms with Gasteiger partial charge < -0.3 is 19.5 Å². The van der Waals surface area contributed by atoms with E-state index < -0.39 is 0 Å². The number of thiocarbonyl (C=S) groups is 1. The maximum absolute atomic E-state index is 13.9. The molecular formula is C22H23FN4OS. The first-order chi connectivity index (χ1) is 14.1. The van der Waals surface area contributed by atoms with Gasteiger partial charge in [0.2, 0.25) is 0 Å². The number of nitrogens with zero attached hydrogens (tertiary/aromatic N) is 3.